The van der Waals surface area contributed by atoms with Crippen LogP contribution in [0.25, 0.3) is 33.2 Å². The number of pyridine rings is 1. The van der Waals surface area contributed by atoms with Crippen LogP contribution < -0.4 is 15.4 Å². The van der Waals surface area contributed by atoms with Crippen molar-refractivity contribution in [2.24, 2.45) is 5.73 Å². The second kappa shape index (κ2) is 10.8. The van der Waals surface area contributed by atoms with E-state index in [1.165, 1.54) is 0 Å². The number of hydrogen-bond acceptors (Lipinski definition) is 7. The maximum absolute atomic E-state index is 12.5. The number of benzene rings is 2. The van der Waals surface area contributed by atoms with Gasteiger partial charge in [-0.3, -0.25) is 9.69 Å². The van der Waals surface area contributed by atoms with Crippen LogP contribution in [0.2, 0.25) is 5.02 Å². The Balaban J connectivity index is 1.29. The van der Waals surface area contributed by atoms with Gasteiger partial charge in [0.1, 0.15) is 12.4 Å². The number of primary amides is 1. The lowest BCUT2D eigenvalue weighted by molar-refractivity contribution is 0.0322. The highest BCUT2D eigenvalue weighted by Crippen LogP contribution is 2.34. The molecule has 2 aliphatic heterocycles. The molecule has 2 aliphatic rings. The first-order chi connectivity index (χ1) is 18.6. The Kier molecular flexibility index (Phi) is 7.08. The molecule has 1 amide bonds. The smallest absolute Gasteiger partial charge is 0.250 e. The summed E-state index contributed by atoms with van der Waals surface area (Å²) >= 11 is 6.59. The number of amides is 1. The molecule has 0 bridgehead atoms. The number of nitrogens with zero attached hydrogens (tertiary/aromatic N) is 3. The fraction of sp³-hybridized carbons (Fsp3) is 0.357. The van der Waals surface area contributed by atoms with Crippen molar-refractivity contribution in [3.05, 3.63) is 53.1 Å². The number of hydrogen-bond donors (Lipinski definition) is 2. The minimum Gasteiger partial charge on any atom is -0.491 e. The van der Waals surface area contributed by atoms with Crippen LogP contribution in [-0.2, 0) is 9.47 Å². The Labute approximate surface area is 225 Å². The topological polar surface area (TPSA) is 106 Å². The molecule has 0 radical (unpaired) electrons. The molecular weight excluding hydrogens is 506 g/mol. The van der Waals surface area contributed by atoms with Crippen LogP contribution in [0.1, 0.15) is 10.4 Å². The highest BCUT2D eigenvalue weighted by atomic mass is 35.5. The van der Waals surface area contributed by atoms with E-state index in [1.54, 1.807) is 6.07 Å². The summed E-state index contributed by atoms with van der Waals surface area (Å²) in [5, 5.41) is 1.41. The summed E-state index contributed by atoms with van der Waals surface area (Å²) in [4.78, 5) is 25.3. The third kappa shape index (κ3) is 5.02. The largest absolute Gasteiger partial charge is 0.491 e. The molecule has 0 spiro atoms. The van der Waals surface area contributed by atoms with Crippen molar-refractivity contribution in [2.45, 2.75) is 0 Å². The van der Waals surface area contributed by atoms with E-state index < -0.39 is 5.91 Å². The van der Waals surface area contributed by atoms with Crippen LogP contribution >= 0.6 is 11.6 Å². The van der Waals surface area contributed by atoms with Crippen molar-refractivity contribution in [1.29, 1.82) is 0 Å². The lowest BCUT2D eigenvalue weighted by atomic mass is 10.1. The van der Waals surface area contributed by atoms with Crippen molar-refractivity contribution in [1.82, 2.24) is 14.9 Å². The molecule has 0 saturated carbocycles. The fourth-order valence-electron chi connectivity index (χ4n) is 5.09. The van der Waals surface area contributed by atoms with Gasteiger partial charge in [0, 0.05) is 49.4 Å². The Morgan fingerprint density at radius 1 is 1.03 bits per heavy atom. The van der Waals surface area contributed by atoms with Crippen molar-refractivity contribution >= 4 is 45.1 Å². The molecular formula is C28H30ClN5O4. The fourth-order valence-corrected chi connectivity index (χ4v) is 5.33. The molecule has 2 fully saturated rings. The molecule has 10 heteroatoms. The molecule has 4 heterocycles. The second-order valence-corrected chi connectivity index (χ2v) is 9.95. The number of nitrogens with two attached hydrogens (primary N) is 1. The van der Waals surface area contributed by atoms with Gasteiger partial charge in [-0.2, -0.15) is 0 Å². The van der Waals surface area contributed by atoms with E-state index >= 15 is 0 Å². The molecule has 2 saturated heterocycles. The monoisotopic (exact) mass is 535 g/mol. The van der Waals surface area contributed by atoms with Gasteiger partial charge in [-0.1, -0.05) is 11.6 Å². The molecule has 9 nitrogen and oxygen atoms in total. The van der Waals surface area contributed by atoms with Gasteiger partial charge >= 0.3 is 0 Å². The van der Waals surface area contributed by atoms with Gasteiger partial charge in [-0.15, -0.1) is 0 Å². The number of rotatable bonds is 7. The van der Waals surface area contributed by atoms with Crippen molar-refractivity contribution in [3.8, 4) is 17.0 Å². The number of ether oxygens (including phenoxy) is 3. The van der Waals surface area contributed by atoms with E-state index in [9.17, 15) is 4.79 Å². The SMILES string of the molecule is NC(=O)c1cc(-c2ccc(OCCN3CCOCC3)c(Cl)c2)nc2c1[nH]c1cc(N3CCOCC3)ccc12. The number of halogens is 1. The number of anilines is 1. The van der Waals surface area contributed by atoms with Gasteiger partial charge in [-0.25, -0.2) is 4.98 Å². The summed E-state index contributed by atoms with van der Waals surface area (Å²) in [7, 11) is 0. The maximum atomic E-state index is 12.5. The van der Waals surface area contributed by atoms with Crippen LogP contribution in [0.3, 0.4) is 0 Å². The van der Waals surface area contributed by atoms with E-state index in [1.807, 2.05) is 24.3 Å². The summed E-state index contributed by atoms with van der Waals surface area (Å²) in [5.41, 5.74) is 10.9. The average molecular weight is 536 g/mol. The summed E-state index contributed by atoms with van der Waals surface area (Å²) in [6.07, 6.45) is 0. The lowest BCUT2D eigenvalue weighted by Gasteiger charge is -2.28. The van der Waals surface area contributed by atoms with Gasteiger partial charge in [0.25, 0.3) is 5.91 Å². The Morgan fingerprint density at radius 3 is 2.53 bits per heavy atom. The number of fused-ring (bicyclic) bond motifs is 3. The van der Waals surface area contributed by atoms with Crippen LogP contribution in [0, 0.1) is 0 Å². The van der Waals surface area contributed by atoms with Crippen molar-refractivity contribution in [2.75, 3.05) is 70.7 Å². The molecule has 6 rings (SSSR count). The molecule has 38 heavy (non-hydrogen) atoms. The van der Waals surface area contributed by atoms with Gasteiger partial charge in [0.15, 0.2) is 0 Å². The predicted molar refractivity (Wildman–Crippen MR) is 148 cm³/mol. The van der Waals surface area contributed by atoms with E-state index in [0.717, 1.165) is 68.1 Å². The number of carbonyl (C=O) groups excluding carboxylic acids is 1. The zero-order chi connectivity index (χ0) is 26.1. The number of aromatic nitrogens is 2. The normalized spacial score (nSPS) is 16.8. The summed E-state index contributed by atoms with van der Waals surface area (Å²) in [6.45, 7) is 7.79. The van der Waals surface area contributed by atoms with Crippen LogP contribution in [0.4, 0.5) is 5.69 Å². The van der Waals surface area contributed by atoms with Crippen LogP contribution in [-0.4, -0.2) is 86.5 Å². The summed E-state index contributed by atoms with van der Waals surface area (Å²) in [5.74, 6) is 0.0930. The first kappa shape index (κ1) is 24.9. The lowest BCUT2D eigenvalue weighted by Crippen LogP contribution is -2.38. The predicted octanol–water partition coefficient (Wildman–Crippen LogP) is 3.68. The zero-order valence-electron chi connectivity index (χ0n) is 21.0. The quantitative estimate of drug-likeness (QED) is 0.372. The Morgan fingerprint density at radius 2 is 1.79 bits per heavy atom. The molecule has 2 aromatic heterocycles. The van der Waals surface area contributed by atoms with Gasteiger partial charge < -0.3 is 29.8 Å². The number of H-pyrrole nitrogens is 1. The summed E-state index contributed by atoms with van der Waals surface area (Å²) < 4.78 is 16.8. The van der Waals surface area contributed by atoms with Gasteiger partial charge in [-0.05, 0) is 42.5 Å². The van der Waals surface area contributed by atoms with Crippen LogP contribution in [0.5, 0.6) is 5.75 Å². The first-order valence-corrected chi connectivity index (χ1v) is 13.3. The third-order valence-corrected chi connectivity index (χ3v) is 7.47. The maximum Gasteiger partial charge on any atom is 0.250 e. The van der Waals surface area contributed by atoms with E-state index in [0.29, 0.717) is 52.9 Å². The molecule has 0 unspecified atom stereocenters. The number of aromatic amines is 1. The second-order valence-electron chi connectivity index (χ2n) is 9.54. The minimum atomic E-state index is -0.521. The molecule has 3 N–H and O–H groups in total. The van der Waals surface area contributed by atoms with E-state index in [4.69, 9.17) is 36.5 Å². The highest BCUT2D eigenvalue weighted by Gasteiger charge is 2.19. The average Bonchev–Trinajstić information content (AvgIpc) is 3.32. The number of carbonyl (C=O) groups is 1. The summed E-state index contributed by atoms with van der Waals surface area (Å²) in [6, 6.07) is 13.5. The van der Waals surface area contributed by atoms with E-state index in [-0.39, 0.29) is 0 Å². The third-order valence-electron chi connectivity index (χ3n) is 7.18. The standard InChI is InChI=1S/C28H30ClN5O4/c29-22-15-18(1-4-25(22)38-14-7-33-5-10-36-11-6-33)23-17-21(28(30)35)27-26(31-23)20-3-2-19(16-24(20)32-27)34-8-12-37-13-9-34/h1-4,15-17,32H,5-14H2,(H2,30,35). The van der Waals surface area contributed by atoms with Crippen molar-refractivity contribution in [3.63, 3.8) is 0 Å². The molecule has 198 valence electrons. The molecule has 0 atom stereocenters. The number of morpholine rings is 2. The van der Waals surface area contributed by atoms with Gasteiger partial charge in [0.2, 0.25) is 0 Å². The Hall–Kier alpha value is -3.37. The zero-order valence-corrected chi connectivity index (χ0v) is 21.8. The number of nitrogens with one attached hydrogen (secondary N) is 1. The minimum absolute atomic E-state index is 0.385. The van der Waals surface area contributed by atoms with E-state index in [2.05, 4.69) is 26.9 Å². The Bertz CT molecular complexity index is 1480. The van der Waals surface area contributed by atoms with Crippen molar-refractivity contribution < 1.29 is 19.0 Å². The molecule has 2 aromatic carbocycles. The highest BCUT2D eigenvalue weighted by molar-refractivity contribution is 6.32. The molecule has 0 aliphatic carbocycles. The molecule has 4 aromatic rings. The first-order valence-electron chi connectivity index (χ1n) is 12.9. The van der Waals surface area contributed by atoms with Gasteiger partial charge in [0.05, 0.1) is 59.3 Å². The van der Waals surface area contributed by atoms with Crippen LogP contribution in [0.15, 0.2) is 42.5 Å².